The molecule has 2 aromatic heterocycles. The van der Waals surface area contributed by atoms with E-state index in [1.807, 2.05) is 0 Å². The summed E-state index contributed by atoms with van der Waals surface area (Å²) in [5, 5.41) is 8.64. The summed E-state index contributed by atoms with van der Waals surface area (Å²) in [4.78, 5) is 48.7. The van der Waals surface area contributed by atoms with Gasteiger partial charge in [-0.25, -0.2) is 20.4 Å². The van der Waals surface area contributed by atoms with E-state index in [4.69, 9.17) is 0 Å². The van der Waals surface area contributed by atoms with Gasteiger partial charge in [0.25, 0.3) is 11.8 Å². The average Bonchev–Trinajstić information content (AvgIpc) is 3.47. The lowest BCUT2D eigenvalue weighted by molar-refractivity contribution is 0.0935. The van der Waals surface area contributed by atoms with Gasteiger partial charge in [-0.3, -0.25) is 20.4 Å². The molecule has 0 aliphatic carbocycles. The molecule has 0 saturated heterocycles. The van der Waals surface area contributed by atoms with Gasteiger partial charge in [0, 0.05) is 11.4 Å². The number of hydrazine groups is 2. The van der Waals surface area contributed by atoms with Crippen molar-refractivity contribution in [2.75, 3.05) is 10.6 Å². The summed E-state index contributed by atoms with van der Waals surface area (Å²) >= 11 is 2.49. The van der Waals surface area contributed by atoms with E-state index in [1.54, 1.807) is 54.1 Å². The van der Waals surface area contributed by atoms with E-state index in [-0.39, 0.29) is 0 Å². The molecule has 31 heavy (non-hydrogen) atoms. The predicted octanol–water partition coefficient (Wildman–Crippen LogP) is 3.05. The van der Waals surface area contributed by atoms with Gasteiger partial charge in [0.1, 0.15) is 0 Å². The minimum atomic E-state index is -0.660. The molecular weight excluding hydrogens is 440 g/mol. The zero-order valence-corrected chi connectivity index (χ0v) is 17.8. The highest BCUT2D eigenvalue weighted by molar-refractivity contribution is 7.12. The van der Waals surface area contributed by atoms with E-state index in [0.717, 1.165) is 5.56 Å². The normalized spacial score (nSPS) is 9.97. The highest BCUT2D eigenvalue weighted by atomic mass is 32.1. The Hall–Kier alpha value is -3.90. The van der Waals surface area contributed by atoms with Crippen molar-refractivity contribution in [3.8, 4) is 0 Å². The zero-order valence-electron chi connectivity index (χ0n) is 16.1. The van der Waals surface area contributed by atoms with Gasteiger partial charge in [0.05, 0.1) is 9.75 Å². The number of nitrogens with one attached hydrogen (secondary N) is 6. The maximum Gasteiger partial charge on any atom is 0.337 e. The first-order chi connectivity index (χ1) is 14.9. The number of anilines is 2. The predicted molar refractivity (Wildman–Crippen MR) is 119 cm³/mol. The molecule has 160 valence electrons. The lowest BCUT2D eigenvalue weighted by Crippen LogP contribution is -2.44. The van der Waals surface area contributed by atoms with Crippen molar-refractivity contribution in [3.05, 3.63) is 68.5 Å². The van der Waals surface area contributed by atoms with E-state index in [9.17, 15) is 19.2 Å². The molecule has 0 radical (unpaired) electrons. The number of hydrogen-bond acceptors (Lipinski definition) is 6. The Morgan fingerprint density at radius 3 is 1.77 bits per heavy atom. The SMILES string of the molecule is Cc1ccc(NC(=O)NNC(=O)c2cccs2)cc1NC(=O)NNC(=O)c1cccs1. The Morgan fingerprint density at radius 2 is 1.26 bits per heavy atom. The molecule has 10 nitrogen and oxygen atoms in total. The maximum atomic E-state index is 12.1. The molecular formula is C19H18N6O4S2. The third-order valence-electron chi connectivity index (χ3n) is 3.81. The fraction of sp³-hybridized carbons (Fsp3) is 0.0526. The number of carbonyl (C=O) groups is 4. The summed E-state index contributed by atoms with van der Waals surface area (Å²) < 4.78 is 0. The number of hydrogen-bond donors (Lipinski definition) is 6. The van der Waals surface area contributed by atoms with Crippen LogP contribution in [0.15, 0.2) is 53.2 Å². The Morgan fingerprint density at radius 1 is 0.710 bits per heavy atom. The Balaban J connectivity index is 1.50. The number of aryl methyl sites for hydroxylation is 1. The highest BCUT2D eigenvalue weighted by Gasteiger charge is 2.11. The van der Waals surface area contributed by atoms with Crippen molar-refractivity contribution in [1.29, 1.82) is 0 Å². The van der Waals surface area contributed by atoms with Crippen molar-refractivity contribution < 1.29 is 19.2 Å². The van der Waals surface area contributed by atoms with Crippen LogP contribution < -0.4 is 32.3 Å². The zero-order chi connectivity index (χ0) is 22.2. The number of thiophene rings is 2. The van der Waals surface area contributed by atoms with Crippen LogP contribution in [0.3, 0.4) is 0 Å². The summed E-state index contributed by atoms with van der Waals surface area (Å²) in [5.41, 5.74) is 10.6. The van der Waals surface area contributed by atoms with Crippen LogP contribution in [0.5, 0.6) is 0 Å². The summed E-state index contributed by atoms with van der Waals surface area (Å²) in [6.07, 6.45) is 0. The van der Waals surface area contributed by atoms with Crippen molar-refractivity contribution in [2.24, 2.45) is 0 Å². The highest BCUT2D eigenvalue weighted by Crippen LogP contribution is 2.20. The third-order valence-corrected chi connectivity index (χ3v) is 5.55. The molecule has 3 aromatic rings. The molecule has 6 amide bonds. The number of benzene rings is 1. The van der Waals surface area contributed by atoms with Crippen molar-refractivity contribution in [1.82, 2.24) is 21.7 Å². The van der Waals surface area contributed by atoms with Crippen molar-refractivity contribution in [3.63, 3.8) is 0 Å². The van der Waals surface area contributed by atoms with E-state index in [0.29, 0.717) is 21.1 Å². The number of rotatable bonds is 4. The van der Waals surface area contributed by atoms with Crippen LogP contribution in [0.25, 0.3) is 0 Å². The summed E-state index contributed by atoms with van der Waals surface area (Å²) in [6, 6.07) is 10.3. The molecule has 3 rings (SSSR count). The van der Waals surface area contributed by atoms with E-state index >= 15 is 0 Å². The van der Waals surface area contributed by atoms with Crippen LogP contribution in [0.1, 0.15) is 24.9 Å². The van der Waals surface area contributed by atoms with Crippen LogP contribution >= 0.6 is 22.7 Å². The van der Waals surface area contributed by atoms with Gasteiger partial charge >= 0.3 is 12.1 Å². The second-order valence-electron chi connectivity index (χ2n) is 6.05. The van der Waals surface area contributed by atoms with Gasteiger partial charge in [0.2, 0.25) is 0 Å². The number of amides is 6. The molecule has 0 bridgehead atoms. The van der Waals surface area contributed by atoms with Gasteiger partial charge in [-0.2, -0.15) is 0 Å². The molecule has 1 aromatic carbocycles. The van der Waals surface area contributed by atoms with Gasteiger partial charge in [0.15, 0.2) is 0 Å². The fourth-order valence-electron chi connectivity index (χ4n) is 2.32. The summed E-state index contributed by atoms with van der Waals surface area (Å²) in [6.45, 7) is 1.77. The van der Waals surface area contributed by atoms with Crippen molar-refractivity contribution >= 4 is 57.9 Å². The topological polar surface area (TPSA) is 140 Å². The lowest BCUT2D eigenvalue weighted by atomic mass is 10.2. The van der Waals surface area contributed by atoms with Crippen LogP contribution in [0.2, 0.25) is 0 Å². The molecule has 0 spiro atoms. The van der Waals surface area contributed by atoms with Gasteiger partial charge in [-0.15, -0.1) is 22.7 Å². The second-order valence-corrected chi connectivity index (χ2v) is 7.95. The Bertz CT molecular complexity index is 1080. The monoisotopic (exact) mass is 458 g/mol. The van der Waals surface area contributed by atoms with Gasteiger partial charge in [-0.05, 0) is 47.5 Å². The third kappa shape index (κ3) is 6.29. The maximum absolute atomic E-state index is 12.1. The Labute approximate surface area is 185 Å². The lowest BCUT2D eigenvalue weighted by Gasteiger charge is -2.13. The molecule has 0 aliphatic rings. The molecule has 0 saturated carbocycles. The molecule has 12 heteroatoms. The number of urea groups is 2. The molecule has 0 unspecified atom stereocenters. The molecule has 6 N–H and O–H groups in total. The van der Waals surface area contributed by atoms with Gasteiger partial charge < -0.3 is 10.6 Å². The molecule has 2 heterocycles. The molecule has 0 aliphatic heterocycles. The van der Waals surface area contributed by atoms with E-state index in [1.165, 1.54) is 28.7 Å². The smallest absolute Gasteiger partial charge is 0.307 e. The van der Waals surface area contributed by atoms with Gasteiger partial charge in [-0.1, -0.05) is 18.2 Å². The standard InChI is InChI=1S/C19H18N6O4S2/c1-11-6-7-12(20-18(28)24-22-16(26)14-4-2-8-30-14)10-13(11)21-19(29)25-23-17(27)15-5-3-9-31-15/h2-10H,1H3,(H,22,26)(H,23,27)(H2,20,24,28)(H2,21,25,29). The number of carbonyl (C=O) groups excluding carboxylic acids is 4. The summed E-state index contributed by atoms with van der Waals surface area (Å²) in [7, 11) is 0. The van der Waals surface area contributed by atoms with Crippen LogP contribution in [0, 0.1) is 6.92 Å². The minimum Gasteiger partial charge on any atom is -0.307 e. The Kier molecular flexibility index (Phi) is 7.19. The van der Waals surface area contributed by atoms with Crippen molar-refractivity contribution in [2.45, 2.75) is 6.92 Å². The largest absolute Gasteiger partial charge is 0.337 e. The fourth-order valence-corrected chi connectivity index (χ4v) is 3.55. The second kappa shape index (κ2) is 10.2. The minimum absolute atomic E-state index is 0.381. The van der Waals surface area contributed by atoms with E-state index in [2.05, 4.69) is 32.3 Å². The summed E-state index contributed by atoms with van der Waals surface area (Å²) in [5.74, 6) is -0.865. The first kappa shape index (κ1) is 21.8. The molecule has 0 fully saturated rings. The molecule has 0 atom stereocenters. The van der Waals surface area contributed by atoms with E-state index < -0.39 is 23.9 Å². The first-order valence-corrected chi connectivity index (χ1v) is 10.6. The average molecular weight is 459 g/mol. The quantitative estimate of drug-likeness (QED) is 0.334. The van der Waals surface area contributed by atoms with Crippen LogP contribution in [-0.2, 0) is 0 Å². The van der Waals surface area contributed by atoms with Crippen LogP contribution in [-0.4, -0.2) is 23.9 Å². The van der Waals surface area contributed by atoms with Crippen LogP contribution in [0.4, 0.5) is 21.0 Å². The first-order valence-electron chi connectivity index (χ1n) is 8.84.